The van der Waals surface area contributed by atoms with Crippen LogP contribution in [0.4, 0.5) is 0 Å². The quantitative estimate of drug-likeness (QED) is 0.735. The van der Waals surface area contributed by atoms with Gasteiger partial charge in [-0.1, -0.05) is 33.6 Å². The van der Waals surface area contributed by atoms with E-state index in [4.69, 9.17) is 0 Å². The van der Waals surface area contributed by atoms with E-state index in [1.54, 1.807) is 0 Å². The third-order valence-electron chi connectivity index (χ3n) is 3.81. The third kappa shape index (κ3) is 4.52. The van der Waals surface area contributed by atoms with E-state index in [-0.39, 0.29) is 12.6 Å². The Morgan fingerprint density at radius 1 is 1.20 bits per heavy atom. The molecule has 0 amide bonds. The molecule has 0 unspecified atom stereocenters. The van der Waals surface area contributed by atoms with Crippen molar-refractivity contribution in [2.24, 2.45) is 17.8 Å². The molecule has 1 saturated carbocycles. The fourth-order valence-corrected chi connectivity index (χ4v) is 2.36. The Hall–Kier alpha value is -0.0800. The number of aliphatic hydroxyl groups is 1. The zero-order chi connectivity index (χ0) is 11.3. The molecule has 0 saturated heterocycles. The fourth-order valence-electron chi connectivity index (χ4n) is 2.36. The highest BCUT2D eigenvalue weighted by molar-refractivity contribution is 4.75. The van der Waals surface area contributed by atoms with E-state index in [0.717, 1.165) is 18.4 Å². The molecular weight excluding hydrogens is 186 g/mol. The zero-order valence-electron chi connectivity index (χ0n) is 10.5. The molecule has 0 spiro atoms. The minimum atomic E-state index is 0.265. The number of rotatable bonds is 5. The van der Waals surface area contributed by atoms with Crippen LogP contribution in [0.2, 0.25) is 0 Å². The van der Waals surface area contributed by atoms with Gasteiger partial charge >= 0.3 is 0 Å². The van der Waals surface area contributed by atoms with Gasteiger partial charge in [-0.25, -0.2) is 0 Å². The van der Waals surface area contributed by atoms with Gasteiger partial charge in [0.1, 0.15) is 0 Å². The number of hydrogen-bond acceptors (Lipinski definition) is 2. The molecular formula is C13H27NO. The molecule has 0 aromatic carbocycles. The third-order valence-corrected chi connectivity index (χ3v) is 3.81. The summed E-state index contributed by atoms with van der Waals surface area (Å²) >= 11 is 0. The van der Waals surface area contributed by atoms with E-state index in [0.29, 0.717) is 5.92 Å². The topological polar surface area (TPSA) is 32.3 Å². The van der Waals surface area contributed by atoms with Crippen LogP contribution < -0.4 is 5.32 Å². The first-order chi connectivity index (χ1) is 7.13. The molecule has 15 heavy (non-hydrogen) atoms. The molecule has 1 aliphatic rings. The lowest BCUT2D eigenvalue weighted by molar-refractivity contribution is 0.194. The van der Waals surface area contributed by atoms with Crippen molar-refractivity contribution in [2.75, 3.05) is 13.2 Å². The van der Waals surface area contributed by atoms with Crippen molar-refractivity contribution in [1.29, 1.82) is 0 Å². The molecule has 90 valence electrons. The summed E-state index contributed by atoms with van der Waals surface area (Å²) in [5.74, 6) is 2.30. The van der Waals surface area contributed by atoms with Gasteiger partial charge < -0.3 is 10.4 Å². The number of aliphatic hydroxyl groups excluding tert-OH is 1. The molecule has 1 rings (SSSR count). The summed E-state index contributed by atoms with van der Waals surface area (Å²) < 4.78 is 0. The van der Waals surface area contributed by atoms with Gasteiger partial charge in [0.2, 0.25) is 0 Å². The summed E-state index contributed by atoms with van der Waals surface area (Å²) in [6.07, 6.45) is 5.50. The van der Waals surface area contributed by atoms with Gasteiger partial charge in [-0.15, -0.1) is 0 Å². The van der Waals surface area contributed by atoms with Crippen LogP contribution in [0, 0.1) is 17.8 Å². The predicted molar refractivity (Wildman–Crippen MR) is 64.8 cm³/mol. The lowest BCUT2D eigenvalue weighted by Gasteiger charge is -2.29. The molecule has 2 heteroatoms. The van der Waals surface area contributed by atoms with Crippen LogP contribution >= 0.6 is 0 Å². The standard InChI is InChI=1S/C13H27NO/c1-10(2)13(9-15)14-8-12-6-4-11(3)5-7-12/h10-15H,4-9H2,1-3H3/t11?,12?,13-/m1/s1. The zero-order valence-corrected chi connectivity index (χ0v) is 10.5. The minimum Gasteiger partial charge on any atom is -0.395 e. The SMILES string of the molecule is CC1CCC(CN[C@H](CO)C(C)C)CC1. The number of hydrogen-bond donors (Lipinski definition) is 2. The maximum Gasteiger partial charge on any atom is 0.0587 e. The van der Waals surface area contributed by atoms with Crippen LogP contribution in [0.1, 0.15) is 46.5 Å². The average Bonchev–Trinajstić information content (AvgIpc) is 2.21. The molecule has 1 fully saturated rings. The van der Waals surface area contributed by atoms with Crippen molar-refractivity contribution < 1.29 is 5.11 Å². The predicted octanol–water partition coefficient (Wildman–Crippen LogP) is 2.42. The smallest absolute Gasteiger partial charge is 0.0587 e. The lowest BCUT2D eigenvalue weighted by atomic mass is 9.83. The molecule has 0 aliphatic heterocycles. The molecule has 0 heterocycles. The highest BCUT2D eigenvalue weighted by atomic mass is 16.3. The van der Waals surface area contributed by atoms with E-state index < -0.39 is 0 Å². The molecule has 2 N–H and O–H groups in total. The maximum atomic E-state index is 9.21. The van der Waals surface area contributed by atoms with Gasteiger partial charge in [-0.2, -0.15) is 0 Å². The first-order valence-electron chi connectivity index (χ1n) is 6.47. The molecule has 0 radical (unpaired) electrons. The first kappa shape index (κ1) is 13.0. The van der Waals surface area contributed by atoms with Crippen LogP contribution in [-0.4, -0.2) is 24.3 Å². The lowest BCUT2D eigenvalue weighted by Crippen LogP contribution is -2.40. The van der Waals surface area contributed by atoms with Crippen molar-refractivity contribution in [3.63, 3.8) is 0 Å². The van der Waals surface area contributed by atoms with E-state index in [9.17, 15) is 5.11 Å². The van der Waals surface area contributed by atoms with Crippen LogP contribution in [0.3, 0.4) is 0 Å². The highest BCUT2D eigenvalue weighted by Gasteiger charge is 2.19. The second kappa shape index (κ2) is 6.49. The van der Waals surface area contributed by atoms with Crippen LogP contribution in [-0.2, 0) is 0 Å². The Morgan fingerprint density at radius 3 is 2.27 bits per heavy atom. The Morgan fingerprint density at radius 2 is 1.80 bits per heavy atom. The van der Waals surface area contributed by atoms with Gasteiger partial charge in [0.05, 0.1) is 6.61 Å². The van der Waals surface area contributed by atoms with E-state index in [1.165, 1.54) is 25.7 Å². The van der Waals surface area contributed by atoms with E-state index in [1.807, 2.05) is 0 Å². The van der Waals surface area contributed by atoms with Crippen molar-refractivity contribution in [1.82, 2.24) is 5.32 Å². The summed E-state index contributed by atoms with van der Waals surface area (Å²) in [5, 5.41) is 12.7. The summed E-state index contributed by atoms with van der Waals surface area (Å²) in [5.41, 5.74) is 0. The van der Waals surface area contributed by atoms with E-state index >= 15 is 0 Å². The Labute approximate surface area is 94.5 Å². The highest BCUT2D eigenvalue weighted by Crippen LogP contribution is 2.27. The van der Waals surface area contributed by atoms with Crippen molar-refractivity contribution in [3.8, 4) is 0 Å². The maximum absolute atomic E-state index is 9.21. The molecule has 0 aromatic rings. The minimum absolute atomic E-state index is 0.265. The molecule has 0 bridgehead atoms. The van der Waals surface area contributed by atoms with Gasteiger partial charge in [0.15, 0.2) is 0 Å². The van der Waals surface area contributed by atoms with Crippen molar-refractivity contribution in [2.45, 2.75) is 52.5 Å². The summed E-state index contributed by atoms with van der Waals surface area (Å²) in [7, 11) is 0. The van der Waals surface area contributed by atoms with Crippen molar-refractivity contribution >= 4 is 0 Å². The molecule has 0 aromatic heterocycles. The summed E-state index contributed by atoms with van der Waals surface area (Å²) in [6, 6.07) is 0.282. The Bertz CT molecular complexity index is 162. The first-order valence-corrected chi connectivity index (χ1v) is 6.47. The molecule has 1 atom stereocenters. The normalized spacial score (nSPS) is 29.4. The average molecular weight is 213 g/mol. The second-order valence-corrected chi connectivity index (χ2v) is 5.57. The Kier molecular flexibility index (Phi) is 5.62. The summed E-state index contributed by atoms with van der Waals surface area (Å²) in [4.78, 5) is 0. The largest absolute Gasteiger partial charge is 0.395 e. The van der Waals surface area contributed by atoms with Crippen molar-refractivity contribution in [3.05, 3.63) is 0 Å². The second-order valence-electron chi connectivity index (χ2n) is 5.57. The van der Waals surface area contributed by atoms with Crippen LogP contribution in [0.5, 0.6) is 0 Å². The van der Waals surface area contributed by atoms with E-state index in [2.05, 4.69) is 26.1 Å². The monoisotopic (exact) mass is 213 g/mol. The molecule has 1 aliphatic carbocycles. The fraction of sp³-hybridized carbons (Fsp3) is 1.00. The van der Waals surface area contributed by atoms with Gasteiger partial charge in [0, 0.05) is 6.04 Å². The van der Waals surface area contributed by atoms with Gasteiger partial charge in [0.25, 0.3) is 0 Å². The van der Waals surface area contributed by atoms with Gasteiger partial charge in [-0.3, -0.25) is 0 Å². The van der Waals surface area contributed by atoms with Crippen LogP contribution in [0.25, 0.3) is 0 Å². The Balaban J connectivity index is 2.18. The number of nitrogens with one attached hydrogen (secondary N) is 1. The van der Waals surface area contributed by atoms with Crippen LogP contribution in [0.15, 0.2) is 0 Å². The van der Waals surface area contributed by atoms with Gasteiger partial charge in [-0.05, 0) is 37.1 Å². The molecule has 2 nitrogen and oxygen atoms in total. The summed E-state index contributed by atoms with van der Waals surface area (Å²) in [6.45, 7) is 8.04.